The van der Waals surface area contributed by atoms with Crippen LogP contribution < -0.4 is 5.73 Å². The van der Waals surface area contributed by atoms with Crippen LogP contribution in [0.1, 0.15) is 6.42 Å². The van der Waals surface area contributed by atoms with E-state index in [0.29, 0.717) is 13.0 Å². The van der Waals surface area contributed by atoms with Crippen LogP contribution in [0.15, 0.2) is 0 Å². The highest BCUT2D eigenvalue weighted by Gasteiger charge is 2.07. The Morgan fingerprint density at radius 3 is 2.18 bits per heavy atom. The number of hydrogen-bond donors (Lipinski definition) is 1. The molecule has 3 nitrogen and oxygen atoms in total. The zero-order valence-electron chi connectivity index (χ0n) is 6.12. The van der Waals surface area contributed by atoms with Crippen LogP contribution in [0.2, 0.25) is 0 Å². The molecule has 0 aliphatic rings. The summed E-state index contributed by atoms with van der Waals surface area (Å²) in [6.45, 7) is 0.418. The lowest BCUT2D eigenvalue weighted by Crippen LogP contribution is -2.15. The summed E-state index contributed by atoms with van der Waals surface area (Å²) in [6, 6.07) is 0. The molecule has 0 rings (SSSR count). The van der Waals surface area contributed by atoms with Gasteiger partial charge in [-0.15, -0.1) is 24.0 Å². The van der Waals surface area contributed by atoms with Crippen molar-refractivity contribution in [3.05, 3.63) is 0 Å². The molecule has 0 aromatic carbocycles. The molecule has 0 bridgehead atoms. The van der Waals surface area contributed by atoms with E-state index in [1.54, 1.807) is 0 Å². The van der Waals surface area contributed by atoms with Crippen molar-refractivity contribution in [1.82, 2.24) is 0 Å². The fraction of sp³-hybridized carbons (Fsp3) is 1.00. The van der Waals surface area contributed by atoms with Crippen LogP contribution in [-0.4, -0.2) is 32.3 Å². The fourth-order valence-corrected chi connectivity index (χ4v) is 2.27. The highest BCUT2D eigenvalue weighted by Crippen LogP contribution is 1.93. The van der Waals surface area contributed by atoms with Gasteiger partial charge in [0.2, 0.25) is 0 Å². The van der Waals surface area contributed by atoms with Crippen molar-refractivity contribution in [3.63, 3.8) is 0 Å². The quantitative estimate of drug-likeness (QED) is 0.685. The van der Waals surface area contributed by atoms with Gasteiger partial charge in [-0.1, -0.05) is 0 Å². The molecule has 0 spiro atoms. The average Bonchev–Trinajstić information content (AvgIpc) is 1.84. The van der Waals surface area contributed by atoms with Gasteiger partial charge in [-0.2, -0.15) is 0 Å². The van der Waals surface area contributed by atoms with Gasteiger partial charge in [0, 0.05) is 5.88 Å². The van der Waals surface area contributed by atoms with Gasteiger partial charge in [-0.05, 0) is 13.0 Å². The van der Waals surface area contributed by atoms with Crippen LogP contribution >= 0.6 is 24.0 Å². The normalized spacial score (nSPS) is 10.7. The Labute approximate surface area is 78.6 Å². The monoisotopic (exact) mass is 221 g/mol. The average molecular weight is 222 g/mol. The SMILES string of the molecule is Cl.NCCCS(=O)(=O)CCCl. The van der Waals surface area contributed by atoms with Crippen LogP contribution in [0.4, 0.5) is 0 Å². The van der Waals surface area contributed by atoms with E-state index in [0.717, 1.165) is 0 Å². The Hall–Kier alpha value is 0.490. The van der Waals surface area contributed by atoms with Crippen molar-refractivity contribution in [2.75, 3.05) is 23.9 Å². The molecule has 2 N–H and O–H groups in total. The summed E-state index contributed by atoms with van der Waals surface area (Å²) >= 11 is 5.25. The van der Waals surface area contributed by atoms with Crippen molar-refractivity contribution in [2.24, 2.45) is 5.73 Å². The van der Waals surface area contributed by atoms with Crippen molar-refractivity contribution in [1.29, 1.82) is 0 Å². The van der Waals surface area contributed by atoms with Gasteiger partial charge >= 0.3 is 0 Å². The Balaban J connectivity index is 0. The minimum atomic E-state index is -2.91. The van der Waals surface area contributed by atoms with E-state index in [1.165, 1.54) is 0 Å². The minimum Gasteiger partial charge on any atom is -0.330 e. The molecule has 6 heteroatoms. The lowest BCUT2D eigenvalue weighted by atomic mass is 10.5. The Morgan fingerprint density at radius 1 is 1.27 bits per heavy atom. The summed E-state index contributed by atoms with van der Waals surface area (Å²) in [5, 5.41) is 0. The van der Waals surface area contributed by atoms with Crippen LogP contribution in [0, 0.1) is 0 Å². The van der Waals surface area contributed by atoms with Gasteiger partial charge in [-0.3, -0.25) is 0 Å². The van der Waals surface area contributed by atoms with Crippen molar-refractivity contribution in [3.8, 4) is 0 Å². The molecule has 0 saturated heterocycles. The van der Waals surface area contributed by atoms with Gasteiger partial charge in [-0.25, -0.2) is 8.42 Å². The van der Waals surface area contributed by atoms with Crippen molar-refractivity contribution in [2.45, 2.75) is 6.42 Å². The zero-order valence-corrected chi connectivity index (χ0v) is 8.51. The first-order chi connectivity index (χ1) is 4.62. The lowest BCUT2D eigenvalue weighted by Gasteiger charge is -1.98. The van der Waals surface area contributed by atoms with E-state index in [1.807, 2.05) is 0 Å². The maximum atomic E-state index is 10.8. The van der Waals surface area contributed by atoms with Gasteiger partial charge in [0.15, 0.2) is 9.84 Å². The van der Waals surface area contributed by atoms with E-state index in [2.05, 4.69) is 0 Å². The molecule has 0 aliphatic heterocycles. The molecule has 0 radical (unpaired) electrons. The number of sulfone groups is 1. The second-order valence-corrected chi connectivity index (χ2v) is 4.66. The number of hydrogen-bond acceptors (Lipinski definition) is 3. The molecule has 11 heavy (non-hydrogen) atoms. The maximum Gasteiger partial charge on any atom is 0.151 e. The van der Waals surface area contributed by atoms with Gasteiger partial charge < -0.3 is 5.73 Å². The van der Waals surface area contributed by atoms with Crippen LogP contribution in [0.25, 0.3) is 0 Å². The summed E-state index contributed by atoms with van der Waals surface area (Å²) in [7, 11) is -2.91. The van der Waals surface area contributed by atoms with Gasteiger partial charge in [0.1, 0.15) is 0 Å². The molecule has 0 amide bonds. The number of rotatable bonds is 5. The molecule has 0 unspecified atom stereocenters. The van der Waals surface area contributed by atoms with E-state index in [-0.39, 0.29) is 29.8 Å². The van der Waals surface area contributed by atoms with Crippen LogP contribution in [-0.2, 0) is 9.84 Å². The Bertz CT molecular complexity index is 169. The number of halogens is 2. The van der Waals surface area contributed by atoms with Crippen molar-refractivity contribution >= 4 is 33.8 Å². The Morgan fingerprint density at radius 2 is 1.82 bits per heavy atom. The molecule has 0 heterocycles. The second kappa shape index (κ2) is 7.16. The van der Waals surface area contributed by atoms with Gasteiger partial charge in [0.25, 0.3) is 0 Å². The number of alkyl halides is 1. The van der Waals surface area contributed by atoms with Crippen molar-refractivity contribution < 1.29 is 8.42 Å². The standard InChI is InChI=1S/C5H12ClNO2S.ClH/c6-2-5-10(8,9)4-1-3-7;/h1-5,7H2;1H. The minimum absolute atomic E-state index is 0. The number of nitrogens with two attached hydrogens (primary N) is 1. The molecule has 0 aromatic rings. The van der Waals surface area contributed by atoms with Crippen LogP contribution in [0.3, 0.4) is 0 Å². The predicted molar refractivity (Wildman–Crippen MR) is 50.3 cm³/mol. The van der Waals surface area contributed by atoms with E-state index >= 15 is 0 Å². The largest absolute Gasteiger partial charge is 0.330 e. The highest BCUT2D eigenvalue weighted by atomic mass is 35.5. The molecule has 0 fully saturated rings. The smallest absolute Gasteiger partial charge is 0.151 e. The molecule has 70 valence electrons. The summed E-state index contributed by atoms with van der Waals surface area (Å²) < 4.78 is 21.7. The molecule has 0 aliphatic carbocycles. The highest BCUT2D eigenvalue weighted by molar-refractivity contribution is 7.91. The Kier molecular flexibility index (Phi) is 9.13. The molecular formula is C5H13Cl2NO2S. The second-order valence-electron chi connectivity index (χ2n) is 1.98. The fourth-order valence-electron chi connectivity index (χ4n) is 0.523. The zero-order chi connectivity index (χ0) is 8.04. The predicted octanol–water partition coefficient (Wildman–Crippen LogP) is 0.411. The third kappa shape index (κ3) is 8.40. The van der Waals surface area contributed by atoms with E-state index in [4.69, 9.17) is 17.3 Å². The summed E-state index contributed by atoms with van der Waals surface area (Å²) in [5.74, 6) is 0.400. The lowest BCUT2D eigenvalue weighted by molar-refractivity contribution is 0.595. The first-order valence-electron chi connectivity index (χ1n) is 3.09. The van der Waals surface area contributed by atoms with Crippen LogP contribution in [0.5, 0.6) is 0 Å². The molecule has 0 saturated carbocycles. The summed E-state index contributed by atoms with van der Waals surface area (Å²) in [4.78, 5) is 0. The third-order valence-corrected chi connectivity index (χ3v) is 3.20. The third-order valence-electron chi connectivity index (χ3n) is 1.05. The first kappa shape index (κ1) is 14.0. The molecule has 0 aromatic heterocycles. The summed E-state index contributed by atoms with van der Waals surface area (Å²) in [5.41, 5.74) is 5.13. The molecular weight excluding hydrogens is 209 g/mol. The topological polar surface area (TPSA) is 60.2 Å². The maximum absolute atomic E-state index is 10.8. The summed E-state index contributed by atoms with van der Waals surface area (Å²) in [6.07, 6.45) is 0.527. The first-order valence-corrected chi connectivity index (χ1v) is 5.44. The molecule has 0 atom stereocenters. The van der Waals surface area contributed by atoms with E-state index in [9.17, 15) is 8.42 Å². The van der Waals surface area contributed by atoms with Gasteiger partial charge in [0.05, 0.1) is 11.5 Å². The van der Waals surface area contributed by atoms with E-state index < -0.39 is 9.84 Å².